The van der Waals surface area contributed by atoms with Crippen molar-refractivity contribution < 1.29 is 24.1 Å². The Kier molecular flexibility index (Phi) is 3.87. The van der Waals surface area contributed by atoms with Gasteiger partial charge in [0.15, 0.2) is 17.1 Å². The summed E-state index contributed by atoms with van der Waals surface area (Å²) in [6, 6.07) is 10.1. The number of carbonyl (C=O) groups excluding carboxylic acids is 4. The SMILES string of the molecule is Cc1cc([N+](=O)[O-])ccc1N1C(=O)[C@@H]2C3CCCN3C3(C(=O)c4ccccc4C3=O)[C@@H]2C1=O. The van der Waals surface area contributed by atoms with Gasteiger partial charge in [-0.25, -0.2) is 4.90 Å². The molecule has 1 aliphatic carbocycles. The van der Waals surface area contributed by atoms with Crippen LogP contribution in [0.4, 0.5) is 11.4 Å². The normalized spacial score (nSPS) is 27.4. The standard InChI is InChI=1S/C24H19N3O6/c1-12-11-13(27(32)33)8-9-16(12)26-22(30)18-17-7-4-10-25(17)24(19(18)23(26)31)20(28)14-5-2-3-6-15(14)21(24)29/h2-3,5-6,8-9,11,17-19H,4,7,10H2,1H3/t17?,18-,19+/m1/s1. The summed E-state index contributed by atoms with van der Waals surface area (Å²) in [7, 11) is 0. The molecule has 0 saturated carbocycles. The number of nitro benzene ring substituents is 1. The van der Waals surface area contributed by atoms with Crippen molar-refractivity contribution in [1.82, 2.24) is 4.90 Å². The first-order valence-corrected chi connectivity index (χ1v) is 10.9. The summed E-state index contributed by atoms with van der Waals surface area (Å²) in [5.41, 5.74) is -0.620. The van der Waals surface area contributed by atoms with Gasteiger partial charge in [-0.05, 0) is 37.9 Å². The van der Waals surface area contributed by atoms with Gasteiger partial charge < -0.3 is 0 Å². The minimum absolute atomic E-state index is 0.148. The van der Waals surface area contributed by atoms with E-state index in [1.54, 1.807) is 31.2 Å². The number of nitro groups is 1. The summed E-state index contributed by atoms with van der Waals surface area (Å²) in [5.74, 6) is -3.79. The predicted octanol–water partition coefficient (Wildman–Crippen LogP) is 2.30. The molecule has 4 aliphatic rings. The van der Waals surface area contributed by atoms with E-state index in [2.05, 4.69) is 0 Å². The molecule has 1 unspecified atom stereocenters. The number of hydrogen-bond acceptors (Lipinski definition) is 7. The third kappa shape index (κ3) is 2.20. The molecule has 1 spiro atoms. The molecule has 0 radical (unpaired) electrons. The number of imide groups is 1. The maximum Gasteiger partial charge on any atom is 0.269 e. The maximum atomic E-state index is 13.8. The van der Waals surface area contributed by atoms with Gasteiger partial charge in [-0.15, -0.1) is 0 Å². The fraction of sp³-hybridized carbons (Fsp3) is 0.333. The number of benzene rings is 2. The van der Waals surface area contributed by atoms with E-state index < -0.39 is 45.7 Å². The Morgan fingerprint density at radius 3 is 2.27 bits per heavy atom. The van der Waals surface area contributed by atoms with Crippen molar-refractivity contribution >= 4 is 34.8 Å². The van der Waals surface area contributed by atoms with E-state index in [1.807, 2.05) is 4.90 Å². The lowest BCUT2D eigenvalue weighted by atomic mass is 9.76. The summed E-state index contributed by atoms with van der Waals surface area (Å²) in [6.07, 6.45) is 1.34. The minimum atomic E-state index is -1.70. The number of carbonyl (C=O) groups is 4. The molecule has 0 bridgehead atoms. The number of anilines is 1. The summed E-state index contributed by atoms with van der Waals surface area (Å²) in [6.45, 7) is 2.07. The van der Waals surface area contributed by atoms with Crippen molar-refractivity contribution in [3.8, 4) is 0 Å². The molecular formula is C24H19N3O6. The number of amides is 2. The molecule has 9 heteroatoms. The lowest BCUT2D eigenvalue weighted by Crippen LogP contribution is -2.59. The summed E-state index contributed by atoms with van der Waals surface area (Å²) >= 11 is 0. The highest BCUT2D eigenvalue weighted by Crippen LogP contribution is 2.57. The van der Waals surface area contributed by atoms with Crippen LogP contribution in [0.5, 0.6) is 0 Å². The summed E-state index contributed by atoms with van der Waals surface area (Å²) in [5, 5.41) is 11.1. The third-order valence-corrected chi connectivity index (χ3v) is 7.71. The van der Waals surface area contributed by atoms with Gasteiger partial charge >= 0.3 is 0 Å². The number of aryl methyl sites for hydroxylation is 1. The lowest BCUT2D eigenvalue weighted by Gasteiger charge is -2.35. The Bertz CT molecular complexity index is 1280. The molecule has 3 fully saturated rings. The highest BCUT2D eigenvalue weighted by molar-refractivity contribution is 6.37. The Morgan fingerprint density at radius 1 is 1.00 bits per heavy atom. The highest BCUT2D eigenvalue weighted by atomic mass is 16.6. The number of ketones is 2. The Hall–Kier alpha value is -3.72. The van der Waals surface area contributed by atoms with Gasteiger partial charge in [0.05, 0.1) is 22.4 Å². The quantitative estimate of drug-likeness (QED) is 0.301. The predicted molar refractivity (Wildman–Crippen MR) is 115 cm³/mol. The third-order valence-electron chi connectivity index (χ3n) is 7.71. The van der Waals surface area contributed by atoms with Gasteiger partial charge in [-0.2, -0.15) is 0 Å². The van der Waals surface area contributed by atoms with Crippen molar-refractivity contribution in [3.63, 3.8) is 0 Å². The van der Waals surface area contributed by atoms with Crippen molar-refractivity contribution in [2.24, 2.45) is 11.8 Å². The van der Waals surface area contributed by atoms with Crippen molar-refractivity contribution in [2.75, 3.05) is 11.4 Å². The molecule has 0 N–H and O–H groups in total. The number of fused-ring (bicyclic) bond motifs is 6. The second-order valence-corrected chi connectivity index (χ2v) is 9.12. The average molecular weight is 445 g/mol. The van der Waals surface area contributed by atoms with Gasteiger partial charge in [-0.3, -0.25) is 34.2 Å². The molecule has 3 atom stereocenters. The van der Waals surface area contributed by atoms with Crippen LogP contribution in [-0.4, -0.2) is 51.3 Å². The van der Waals surface area contributed by atoms with Crippen molar-refractivity contribution in [3.05, 3.63) is 69.3 Å². The molecular weight excluding hydrogens is 426 g/mol. The van der Waals surface area contributed by atoms with Gasteiger partial charge in [-0.1, -0.05) is 24.3 Å². The van der Waals surface area contributed by atoms with Gasteiger partial charge in [0.1, 0.15) is 0 Å². The first-order chi connectivity index (χ1) is 15.8. The van der Waals surface area contributed by atoms with Crippen molar-refractivity contribution in [2.45, 2.75) is 31.3 Å². The molecule has 3 heterocycles. The maximum absolute atomic E-state index is 13.8. The molecule has 2 amide bonds. The van der Waals surface area contributed by atoms with Crippen LogP contribution in [0.2, 0.25) is 0 Å². The molecule has 3 aliphatic heterocycles. The first kappa shape index (κ1) is 19.9. The van der Waals surface area contributed by atoms with Gasteiger partial charge in [0, 0.05) is 29.3 Å². The van der Waals surface area contributed by atoms with Gasteiger partial charge in [0.2, 0.25) is 11.8 Å². The van der Waals surface area contributed by atoms with E-state index in [0.29, 0.717) is 29.7 Å². The second-order valence-electron chi connectivity index (χ2n) is 9.12. The molecule has 33 heavy (non-hydrogen) atoms. The first-order valence-electron chi connectivity index (χ1n) is 10.9. The molecule has 6 rings (SSSR count). The van der Waals surface area contributed by atoms with E-state index in [4.69, 9.17) is 0 Å². The zero-order valence-corrected chi connectivity index (χ0v) is 17.7. The molecule has 0 aromatic heterocycles. The number of rotatable bonds is 2. The van der Waals surface area contributed by atoms with E-state index >= 15 is 0 Å². The highest BCUT2D eigenvalue weighted by Gasteiger charge is 2.76. The Morgan fingerprint density at radius 2 is 1.67 bits per heavy atom. The van der Waals surface area contributed by atoms with E-state index in [-0.39, 0.29) is 17.4 Å². The largest absolute Gasteiger partial charge is 0.291 e. The van der Waals surface area contributed by atoms with Gasteiger partial charge in [0.25, 0.3) is 5.69 Å². The molecule has 3 saturated heterocycles. The van der Waals surface area contributed by atoms with Crippen LogP contribution in [-0.2, 0) is 9.59 Å². The lowest BCUT2D eigenvalue weighted by molar-refractivity contribution is -0.384. The van der Waals surface area contributed by atoms with Crippen LogP contribution in [0.1, 0.15) is 39.1 Å². The van der Waals surface area contributed by atoms with E-state index in [0.717, 1.165) is 11.3 Å². The smallest absolute Gasteiger partial charge is 0.269 e. The Balaban J connectivity index is 1.51. The number of non-ortho nitro benzene ring substituents is 1. The Labute approximate surface area is 188 Å². The second kappa shape index (κ2) is 6.41. The van der Waals surface area contributed by atoms with E-state index in [1.165, 1.54) is 18.2 Å². The van der Waals surface area contributed by atoms with Crippen LogP contribution in [0.25, 0.3) is 0 Å². The van der Waals surface area contributed by atoms with Crippen molar-refractivity contribution in [1.29, 1.82) is 0 Å². The summed E-state index contributed by atoms with van der Waals surface area (Å²) < 4.78 is 0. The van der Waals surface area contributed by atoms with Crippen LogP contribution in [0, 0.1) is 28.9 Å². The zero-order chi connectivity index (χ0) is 23.2. The van der Waals surface area contributed by atoms with Crippen LogP contribution >= 0.6 is 0 Å². The molecule has 166 valence electrons. The topological polar surface area (TPSA) is 118 Å². The molecule has 2 aromatic carbocycles. The average Bonchev–Trinajstić information content (AvgIpc) is 3.49. The zero-order valence-electron chi connectivity index (χ0n) is 17.7. The fourth-order valence-corrected chi connectivity index (χ4v) is 6.48. The van der Waals surface area contributed by atoms with Crippen LogP contribution in [0.15, 0.2) is 42.5 Å². The summed E-state index contributed by atoms with van der Waals surface area (Å²) in [4.78, 5) is 68.5. The fourth-order valence-electron chi connectivity index (χ4n) is 6.48. The minimum Gasteiger partial charge on any atom is -0.291 e. The van der Waals surface area contributed by atoms with E-state index in [9.17, 15) is 29.3 Å². The van der Waals surface area contributed by atoms with Crippen LogP contribution < -0.4 is 4.90 Å². The number of nitrogens with zero attached hydrogens (tertiary/aromatic N) is 3. The number of hydrogen-bond donors (Lipinski definition) is 0. The number of Topliss-reactive ketones (excluding diaryl/α,β-unsaturated/α-hetero) is 2. The van der Waals surface area contributed by atoms with Crippen LogP contribution in [0.3, 0.4) is 0 Å². The monoisotopic (exact) mass is 445 g/mol. The molecule has 9 nitrogen and oxygen atoms in total. The molecule has 2 aromatic rings.